The van der Waals surface area contributed by atoms with E-state index >= 15 is 0 Å². The minimum Gasteiger partial charge on any atom is -0.462 e. The van der Waals surface area contributed by atoms with E-state index in [2.05, 4.69) is 20.0 Å². The third kappa shape index (κ3) is 3.49. The van der Waals surface area contributed by atoms with Crippen LogP contribution in [0.2, 0.25) is 0 Å². The number of anilines is 1. The van der Waals surface area contributed by atoms with E-state index in [4.69, 9.17) is 4.74 Å². The molecule has 0 aliphatic carbocycles. The van der Waals surface area contributed by atoms with Crippen LogP contribution in [0, 0.1) is 6.92 Å². The second kappa shape index (κ2) is 6.76. The summed E-state index contributed by atoms with van der Waals surface area (Å²) in [6.07, 6.45) is 7.18. The Bertz CT molecular complexity index is 685. The normalized spacial score (nSPS) is 18.0. The average molecular weight is 315 g/mol. The first-order chi connectivity index (χ1) is 11.2. The summed E-state index contributed by atoms with van der Waals surface area (Å²) in [7, 11) is 0. The van der Waals surface area contributed by atoms with E-state index in [1.54, 1.807) is 25.5 Å². The van der Waals surface area contributed by atoms with Crippen LogP contribution in [0.3, 0.4) is 0 Å². The SMILES string of the molecule is CCOC(=O)c1cnn([C@H]2CCCN(c3nccc(C)n3)C2)c1. The van der Waals surface area contributed by atoms with Gasteiger partial charge in [0.05, 0.1) is 24.4 Å². The summed E-state index contributed by atoms with van der Waals surface area (Å²) in [5, 5.41) is 4.34. The van der Waals surface area contributed by atoms with Gasteiger partial charge in [0.1, 0.15) is 0 Å². The van der Waals surface area contributed by atoms with Crippen molar-refractivity contribution in [1.82, 2.24) is 19.7 Å². The zero-order valence-electron chi connectivity index (χ0n) is 13.5. The third-order valence-corrected chi connectivity index (χ3v) is 3.95. The number of carbonyl (C=O) groups is 1. The van der Waals surface area contributed by atoms with Crippen LogP contribution in [0.15, 0.2) is 24.7 Å². The van der Waals surface area contributed by atoms with Gasteiger partial charge < -0.3 is 9.64 Å². The predicted molar refractivity (Wildman–Crippen MR) is 85.4 cm³/mol. The van der Waals surface area contributed by atoms with E-state index in [1.165, 1.54) is 0 Å². The quantitative estimate of drug-likeness (QED) is 0.804. The van der Waals surface area contributed by atoms with Crippen LogP contribution in [0.25, 0.3) is 0 Å². The molecule has 0 N–H and O–H groups in total. The second-order valence-electron chi connectivity index (χ2n) is 5.67. The number of hydrogen-bond donors (Lipinski definition) is 0. The molecule has 7 nitrogen and oxygen atoms in total. The number of piperidine rings is 1. The Balaban J connectivity index is 1.72. The Morgan fingerprint density at radius 1 is 1.48 bits per heavy atom. The molecule has 3 heterocycles. The Labute approximate surface area is 135 Å². The maximum atomic E-state index is 11.8. The highest BCUT2D eigenvalue weighted by atomic mass is 16.5. The van der Waals surface area contributed by atoms with Crippen molar-refractivity contribution in [2.75, 3.05) is 24.6 Å². The van der Waals surface area contributed by atoms with Gasteiger partial charge in [-0.25, -0.2) is 14.8 Å². The first-order valence-corrected chi connectivity index (χ1v) is 7.93. The molecule has 1 atom stereocenters. The van der Waals surface area contributed by atoms with Crippen LogP contribution in [0.5, 0.6) is 0 Å². The molecule has 122 valence electrons. The first-order valence-electron chi connectivity index (χ1n) is 7.93. The average Bonchev–Trinajstić information content (AvgIpc) is 3.05. The molecule has 3 rings (SSSR count). The molecule has 0 radical (unpaired) electrons. The van der Waals surface area contributed by atoms with Crippen molar-refractivity contribution < 1.29 is 9.53 Å². The zero-order valence-corrected chi connectivity index (χ0v) is 13.5. The fourth-order valence-corrected chi connectivity index (χ4v) is 2.80. The molecule has 1 aliphatic heterocycles. The number of esters is 1. The van der Waals surface area contributed by atoms with Crippen LogP contribution in [-0.2, 0) is 4.74 Å². The number of carbonyl (C=O) groups excluding carboxylic acids is 1. The molecule has 23 heavy (non-hydrogen) atoms. The topological polar surface area (TPSA) is 73.1 Å². The van der Waals surface area contributed by atoms with Gasteiger partial charge in [-0.1, -0.05) is 0 Å². The van der Waals surface area contributed by atoms with Crippen LogP contribution < -0.4 is 4.90 Å². The number of aromatic nitrogens is 4. The van der Waals surface area contributed by atoms with E-state index in [0.717, 1.165) is 37.6 Å². The number of aryl methyl sites for hydroxylation is 1. The summed E-state index contributed by atoms with van der Waals surface area (Å²) in [6, 6.07) is 2.10. The lowest BCUT2D eigenvalue weighted by Crippen LogP contribution is -2.37. The van der Waals surface area contributed by atoms with Gasteiger partial charge in [0.2, 0.25) is 5.95 Å². The van der Waals surface area contributed by atoms with Gasteiger partial charge in [-0.3, -0.25) is 4.68 Å². The number of nitrogens with zero attached hydrogens (tertiary/aromatic N) is 5. The van der Waals surface area contributed by atoms with E-state index in [1.807, 2.05) is 17.7 Å². The Hall–Kier alpha value is -2.44. The maximum absolute atomic E-state index is 11.8. The fourth-order valence-electron chi connectivity index (χ4n) is 2.80. The fraction of sp³-hybridized carbons (Fsp3) is 0.500. The van der Waals surface area contributed by atoms with Crippen molar-refractivity contribution in [2.24, 2.45) is 0 Å². The molecule has 0 aromatic carbocycles. The van der Waals surface area contributed by atoms with Gasteiger partial charge in [0, 0.05) is 31.2 Å². The Morgan fingerprint density at radius 3 is 3.13 bits per heavy atom. The van der Waals surface area contributed by atoms with Gasteiger partial charge >= 0.3 is 5.97 Å². The molecule has 7 heteroatoms. The highest BCUT2D eigenvalue weighted by molar-refractivity contribution is 5.88. The van der Waals surface area contributed by atoms with E-state index in [-0.39, 0.29) is 12.0 Å². The number of rotatable bonds is 4. The third-order valence-electron chi connectivity index (χ3n) is 3.95. The predicted octanol–water partition coefficient (Wildman–Crippen LogP) is 2.00. The molecule has 2 aromatic rings. The molecule has 1 fully saturated rings. The number of ether oxygens (including phenoxy) is 1. The molecule has 1 saturated heterocycles. The van der Waals surface area contributed by atoms with E-state index in [0.29, 0.717) is 12.2 Å². The summed E-state index contributed by atoms with van der Waals surface area (Å²) in [5.74, 6) is 0.431. The van der Waals surface area contributed by atoms with Crippen LogP contribution >= 0.6 is 0 Å². The standard InChI is InChI=1S/C16H21N5O2/c1-3-23-15(22)13-9-18-21(10-13)14-5-4-8-20(11-14)16-17-7-6-12(2)19-16/h6-7,9-10,14H,3-5,8,11H2,1-2H3/t14-/m0/s1. The molecular weight excluding hydrogens is 294 g/mol. The van der Waals surface area contributed by atoms with Gasteiger partial charge in [0.25, 0.3) is 0 Å². The minimum absolute atomic E-state index is 0.205. The van der Waals surface area contributed by atoms with Crippen LogP contribution in [0.1, 0.15) is 41.9 Å². The van der Waals surface area contributed by atoms with E-state index in [9.17, 15) is 4.79 Å². The summed E-state index contributed by atoms with van der Waals surface area (Å²) in [6.45, 7) is 5.85. The van der Waals surface area contributed by atoms with Crippen molar-refractivity contribution in [1.29, 1.82) is 0 Å². The molecule has 0 bridgehead atoms. The molecule has 0 amide bonds. The highest BCUT2D eigenvalue weighted by Crippen LogP contribution is 2.24. The Morgan fingerprint density at radius 2 is 2.35 bits per heavy atom. The molecule has 1 aliphatic rings. The van der Waals surface area contributed by atoms with Crippen molar-refractivity contribution in [3.8, 4) is 0 Å². The maximum Gasteiger partial charge on any atom is 0.341 e. The van der Waals surface area contributed by atoms with Crippen LogP contribution in [0.4, 0.5) is 5.95 Å². The monoisotopic (exact) mass is 315 g/mol. The van der Waals surface area contributed by atoms with Crippen molar-refractivity contribution >= 4 is 11.9 Å². The summed E-state index contributed by atoms with van der Waals surface area (Å²) in [5.41, 5.74) is 1.46. The lowest BCUT2D eigenvalue weighted by Gasteiger charge is -2.32. The minimum atomic E-state index is -0.326. The van der Waals surface area contributed by atoms with Gasteiger partial charge in [-0.2, -0.15) is 5.10 Å². The highest BCUT2D eigenvalue weighted by Gasteiger charge is 2.24. The summed E-state index contributed by atoms with van der Waals surface area (Å²) < 4.78 is 6.86. The second-order valence-corrected chi connectivity index (χ2v) is 5.67. The summed E-state index contributed by atoms with van der Waals surface area (Å²) in [4.78, 5) is 22.8. The largest absolute Gasteiger partial charge is 0.462 e. The van der Waals surface area contributed by atoms with E-state index < -0.39 is 0 Å². The van der Waals surface area contributed by atoms with Gasteiger partial charge in [-0.15, -0.1) is 0 Å². The Kier molecular flexibility index (Phi) is 4.55. The molecule has 0 saturated carbocycles. The number of hydrogen-bond acceptors (Lipinski definition) is 6. The lowest BCUT2D eigenvalue weighted by atomic mass is 10.1. The molecule has 2 aromatic heterocycles. The smallest absolute Gasteiger partial charge is 0.341 e. The van der Waals surface area contributed by atoms with Gasteiger partial charge in [0.15, 0.2) is 0 Å². The molecular formula is C16H21N5O2. The molecule has 0 unspecified atom stereocenters. The zero-order chi connectivity index (χ0) is 16.2. The first kappa shape index (κ1) is 15.5. The van der Waals surface area contributed by atoms with Crippen molar-refractivity contribution in [2.45, 2.75) is 32.7 Å². The molecule has 0 spiro atoms. The van der Waals surface area contributed by atoms with Crippen molar-refractivity contribution in [3.05, 3.63) is 35.9 Å². The van der Waals surface area contributed by atoms with Gasteiger partial charge in [-0.05, 0) is 32.8 Å². The van der Waals surface area contributed by atoms with Crippen LogP contribution in [-0.4, -0.2) is 45.4 Å². The summed E-state index contributed by atoms with van der Waals surface area (Å²) >= 11 is 0. The lowest BCUT2D eigenvalue weighted by molar-refractivity contribution is 0.0526. The van der Waals surface area contributed by atoms with Crippen molar-refractivity contribution in [3.63, 3.8) is 0 Å².